The molecule has 0 saturated heterocycles. The van der Waals surface area contributed by atoms with E-state index in [0.29, 0.717) is 27.5 Å². The minimum Gasteiger partial charge on any atom is -0.478 e. The van der Waals surface area contributed by atoms with Crippen molar-refractivity contribution in [3.63, 3.8) is 0 Å². The summed E-state index contributed by atoms with van der Waals surface area (Å²) in [6, 6.07) is 5.17. The Morgan fingerprint density at radius 3 is 2.95 bits per heavy atom. The van der Waals surface area contributed by atoms with E-state index in [9.17, 15) is 9.59 Å². The van der Waals surface area contributed by atoms with Gasteiger partial charge in [-0.05, 0) is 23.8 Å². The lowest BCUT2D eigenvalue weighted by Gasteiger charge is -2.01. The van der Waals surface area contributed by atoms with Crippen molar-refractivity contribution in [3.8, 4) is 0 Å². The summed E-state index contributed by atoms with van der Waals surface area (Å²) in [5.74, 6) is -1.03. The molecule has 6 heteroatoms. The number of rotatable bonds is 2. The first kappa shape index (κ1) is 12.2. The Balaban J connectivity index is 2.30. The molecule has 20 heavy (non-hydrogen) atoms. The van der Waals surface area contributed by atoms with Gasteiger partial charge in [-0.15, -0.1) is 0 Å². The van der Waals surface area contributed by atoms with Crippen LogP contribution in [0.2, 0.25) is 0 Å². The van der Waals surface area contributed by atoms with Crippen molar-refractivity contribution in [2.75, 3.05) is 0 Å². The Hall–Kier alpha value is -2.89. The van der Waals surface area contributed by atoms with Crippen molar-refractivity contribution in [2.24, 2.45) is 7.05 Å². The Morgan fingerprint density at radius 2 is 2.20 bits per heavy atom. The number of aromatic amines is 1. The Kier molecular flexibility index (Phi) is 2.64. The standard InChI is InChI=1S/C14H11N3O3/c1-17-13-11(7-15-17)16-10-4-2-8(3-5-12(18)19)6-9(10)14(13)20/h2-7H,1H3,(H,16,20)(H,18,19)/b5-3+. The monoisotopic (exact) mass is 269 g/mol. The third-order valence-corrected chi connectivity index (χ3v) is 3.13. The van der Waals surface area contributed by atoms with Crippen LogP contribution < -0.4 is 5.43 Å². The molecule has 2 heterocycles. The average Bonchev–Trinajstić information content (AvgIpc) is 2.78. The molecule has 0 aliphatic carbocycles. The van der Waals surface area contributed by atoms with Crippen molar-refractivity contribution in [2.45, 2.75) is 0 Å². The van der Waals surface area contributed by atoms with Crippen molar-refractivity contribution < 1.29 is 9.90 Å². The van der Waals surface area contributed by atoms with Gasteiger partial charge in [0.2, 0.25) is 5.43 Å². The number of pyridine rings is 1. The van der Waals surface area contributed by atoms with Crippen LogP contribution in [-0.2, 0) is 11.8 Å². The molecule has 0 atom stereocenters. The maximum absolute atomic E-state index is 12.4. The number of nitrogens with zero attached hydrogens (tertiary/aromatic N) is 2. The van der Waals surface area contributed by atoms with Crippen LogP contribution in [0.15, 0.2) is 35.3 Å². The first-order valence-corrected chi connectivity index (χ1v) is 5.95. The summed E-state index contributed by atoms with van der Waals surface area (Å²) in [5.41, 5.74) is 2.41. The third-order valence-electron chi connectivity index (χ3n) is 3.13. The molecule has 0 fully saturated rings. The van der Waals surface area contributed by atoms with Crippen molar-refractivity contribution in [3.05, 3.63) is 46.3 Å². The Bertz CT molecular complexity index is 918. The van der Waals surface area contributed by atoms with Crippen LogP contribution in [0.25, 0.3) is 28.0 Å². The minimum absolute atomic E-state index is 0.126. The van der Waals surface area contributed by atoms with Crippen LogP contribution in [0.4, 0.5) is 0 Å². The van der Waals surface area contributed by atoms with E-state index in [1.165, 1.54) is 10.8 Å². The number of aromatic nitrogens is 3. The van der Waals surface area contributed by atoms with Gasteiger partial charge in [0, 0.05) is 24.0 Å². The number of fused-ring (bicyclic) bond motifs is 2. The van der Waals surface area contributed by atoms with E-state index >= 15 is 0 Å². The molecule has 1 aromatic carbocycles. The third kappa shape index (κ3) is 1.87. The molecule has 0 aliphatic rings. The minimum atomic E-state index is -1.03. The summed E-state index contributed by atoms with van der Waals surface area (Å²) in [7, 11) is 1.71. The van der Waals surface area contributed by atoms with Crippen LogP contribution in [0.3, 0.4) is 0 Å². The van der Waals surface area contributed by atoms with E-state index in [0.717, 1.165) is 6.08 Å². The van der Waals surface area contributed by atoms with E-state index in [1.807, 2.05) is 0 Å². The number of hydrogen-bond acceptors (Lipinski definition) is 3. The molecule has 6 nitrogen and oxygen atoms in total. The smallest absolute Gasteiger partial charge is 0.328 e. The molecular weight excluding hydrogens is 258 g/mol. The summed E-state index contributed by atoms with van der Waals surface area (Å²) >= 11 is 0. The first-order valence-electron chi connectivity index (χ1n) is 5.95. The number of benzene rings is 1. The van der Waals surface area contributed by atoms with Gasteiger partial charge in [0.1, 0.15) is 5.52 Å². The zero-order valence-electron chi connectivity index (χ0n) is 10.6. The average molecular weight is 269 g/mol. The van der Waals surface area contributed by atoms with Gasteiger partial charge in [0.15, 0.2) is 0 Å². The van der Waals surface area contributed by atoms with E-state index in [2.05, 4.69) is 10.1 Å². The predicted molar refractivity (Wildman–Crippen MR) is 75.5 cm³/mol. The molecular formula is C14H11N3O3. The van der Waals surface area contributed by atoms with Crippen LogP contribution in [-0.4, -0.2) is 25.8 Å². The Labute approximate surface area is 113 Å². The summed E-state index contributed by atoms with van der Waals surface area (Å²) in [6.07, 6.45) is 4.10. The summed E-state index contributed by atoms with van der Waals surface area (Å²) in [4.78, 5) is 26.1. The maximum Gasteiger partial charge on any atom is 0.328 e. The molecule has 2 aromatic heterocycles. The molecule has 0 unspecified atom stereocenters. The van der Waals surface area contributed by atoms with E-state index in [4.69, 9.17) is 5.11 Å². The topological polar surface area (TPSA) is 88.0 Å². The van der Waals surface area contributed by atoms with Crippen molar-refractivity contribution in [1.82, 2.24) is 14.8 Å². The second-order valence-electron chi connectivity index (χ2n) is 4.46. The molecule has 0 saturated carbocycles. The quantitative estimate of drug-likeness (QED) is 0.690. The molecule has 0 aliphatic heterocycles. The summed E-state index contributed by atoms with van der Waals surface area (Å²) in [6.45, 7) is 0. The molecule has 100 valence electrons. The fourth-order valence-electron chi connectivity index (χ4n) is 2.20. The van der Waals surface area contributed by atoms with Crippen LogP contribution >= 0.6 is 0 Å². The first-order chi connectivity index (χ1) is 9.56. The van der Waals surface area contributed by atoms with Gasteiger partial charge in [-0.25, -0.2) is 4.79 Å². The van der Waals surface area contributed by atoms with Crippen molar-refractivity contribution >= 4 is 34.0 Å². The number of carboxylic acids is 1. The molecule has 0 radical (unpaired) electrons. The van der Waals surface area contributed by atoms with E-state index in [1.54, 1.807) is 31.4 Å². The normalized spacial score (nSPS) is 11.7. The van der Waals surface area contributed by atoms with Gasteiger partial charge in [-0.3, -0.25) is 9.48 Å². The van der Waals surface area contributed by atoms with Crippen LogP contribution in [0.1, 0.15) is 5.56 Å². The van der Waals surface area contributed by atoms with Crippen LogP contribution in [0, 0.1) is 0 Å². The second kappa shape index (κ2) is 4.34. The van der Waals surface area contributed by atoms with Gasteiger partial charge < -0.3 is 10.1 Å². The predicted octanol–water partition coefficient (Wildman–Crippen LogP) is 1.51. The maximum atomic E-state index is 12.4. The summed E-state index contributed by atoms with van der Waals surface area (Å²) < 4.78 is 1.52. The summed E-state index contributed by atoms with van der Waals surface area (Å²) in [5, 5.41) is 13.2. The van der Waals surface area contributed by atoms with Gasteiger partial charge in [-0.1, -0.05) is 6.07 Å². The molecule has 0 amide bonds. The number of carboxylic acid groups (broad SMARTS) is 1. The lowest BCUT2D eigenvalue weighted by atomic mass is 10.1. The molecule has 3 aromatic rings. The number of nitrogens with one attached hydrogen (secondary N) is 1. The zero-order valence-corrected chi connectivity index (χ0v) is 10.6. The fourth-order valence-corrected chi connectivity index (χ4v) is 2.20. The largest absolute Gasteiger partial charge is 0.478 e. The van der Waals surface area contributed by atoms with Crippen LogP contribution in [0.5, 0.6) is 0 Å². The van der Waals surface area contributed by atoms with Gasteiger partial charge >= 0.3 is 5.97 Å². The number of hydrogen-bond donors (Lipinski definition) is 2. The van der Waals surface area contributed by atoms with Gasteiger partial charge in [0.05, 0.1) is 11.7 Å². The van der Waals surface area contributed by atoms with Crippen molar-refractivity contribution in [1.29, 1.82) is 0 Å². The number of H-pyrrole nitrogens is 1. The number of carbonyl (C=O) groups is 1. The molecule has 0 spiro atoms. The Morgan fingerprint density at radius 1 is 1.40 bits per heavy atom. The highest BCUT2D eigenvalue weighted by molar-refractivity contribution is 5.92. The lowest BCUT2D eigenvalue weighted by Crippen LogP contribution is -2.08. The second-order valence-corrected chi connectivity index (χ2v) is 4.46. The lowest BCUT2D eigenvalue weighted by molar-refractivity contribution is -0.131. The highest BCUT2D eigenvalue weighted by Crippen LogP contribution is 2.16. The molecule has 3 rings (SSSR count). The van der Waals surface area contributed by atoms with E-state index in [-0.39, 0.29) is 5.43 Å². The van der Waals surface area contributed by atoms with E-state index < -0.39 is 5.97 Å². The van der Waals surface area contributed by atoms with Gasteiger partial charge in [0.25, 0.3) is 0 Å². The zero-order chi connectivity index (χ0) is 14.3. The number of aliphatic carboxylic acids is 1. The molecule has 0 bridgehead atoms. The SMILES string of the molecule is Cn1ncc2[nH]c3ccc(/C=C/C(=O)O)cc3c(=O)c21. The van der Waals surface area contributed by atoms with Gasteiger partial charge in [-0.2, -0.15) is 5.10 Å². The fraction of sp³-hybridized carbons (Fsp3) is 0.0714. The highest BCUT2D eigenvalue weighted by Gasteiger charge is 2.09. The highest BCUT2D eigenvalue weighted by atomic mass is 16.4. The molecule has 2 N–H and O–H groups in total. The number of aryl methyl sites for hydroxylation is 1.